The summed E-state index contributed by atoms with van der Waals surface area (Å²) < 4.78 is 27.0. The summed E-state index contributed by atoms with van der Waals surface area (Å²) in [6.45, 7) is 0.597. The van der Waals surface area contributed by atoms with Crippen molar-refractivity contribution in [1.29, 1.82) is 0 Å². The Morgan fingerprint density at radius 3 is 2.87 bits per heavy atom. The first-order valence-electron chi connectivity index (χ1n) is 4.69. The Labute approximate surface area is 89.5 Å². The second kappa shape index (κ2) is 5.24. The summed E-state index contributed by atoms with van der Waals surface area (Å²) in [7, 11) is -1.40. The van der Waals surface area contributed by atoms with Crippen LogP contribution in [0.3, 0.4) is 0 Å². The fourth-order valence-electron chi connectivity index (χ4n) is 1.09. The summed E-state index contributed by atoms with van der Waals surface area (Å²) in [5.41, 5.74) is 5.24. The van der Waals surface area contributed by atoms with Crippen molar-refractivity contribution < 1.29 is 8.42 Å². The first-order valence-corrected chi connectivity index (χ1v) is 6.34. The molecule has 86 valence electrons. The van der Waals surface area contributed by atoms with Gasteiger partial charge in [-0.2, -0.15) is 0 Å². The van der Waals surface area contributed by atoms with Crippen LogP contribution in [0, 0.1) is 0 Å². The molecule has 0 aliphatic carbocycles. The molecule has 1 heterocycles. The van der Waals surface area contributed by atoms with Crippen molar-refractivity contribution in [2.45, 2.75) is 13.0 Å². The van der Waals surface area contributed by atoms with Crippen LogP contribution in [0.5, 0.6) is 0 Å². The number of nitrogens with one attached hydrogen (secondary N) is 1. The number of aryl methyl sites for hydroxylation is 1. The zero-order chi connectivity index (χ0) is 11.3. The van der Waals surface area contributed by atoms with Crippen LogP contribution in [0.1, 0.15) is 12.2 Å². The normalized spacial score (nSPS) is 11.9. The van der Waals surface area contributed by atoms with Crippen LogP contribution < -0.4 is 10.5 Å². The maximum atomic E-state index is 11.4. The molecule has 0 unspecified atom stereocenters. The maximum Gasteiger partial charge on any atom is 0.212 e. The van der Waals surface area contributed by atoms with Gasteiger partial charge in [-0.05, 0) is 13.0 Å². The van der Waals surface area contributed by atoms with Crippen molar-refractivity contribution >= 4 is 10.0 Å². The summed E-state index contributed by atoms with van der Waals surface area (Å²) in [6.07, 6.45) is 3.86. The van der Waals surface area contributed by atoms with E-state index in [4.69, 9.17) is 5.73 Å². The fraction of sp³-hybridized carbons (Fsp3) is 0.625. The Bertz CT molecular complexity index is 399. The van der Waals surface area contributed by atoms with Crippen LogP contribution in [-0.2, 0) is 23.6 Å². The van der Waals surface area contributed by atoms with E-state index < -0.39 is 10.0 Å². The zero-order valence-corrected chi connectivity index (χ0v) is 9.50. The molecule has 1 aromatic heterocycles. The molecule has 7 heteroatoms. The van der Waals surface area contributed by atoms with Crippen molar-refractivity contribution in [3.63, 3.8) is 0 Å². The quantitative estimate of drug-likeness (QED) is 0.671. The lowest BCUT2D eigenvalue weighted by Crippen LogP contribution is -2.28. The van der Waals surface area contributed by atoms with Gasteiger partial charge in [-0.15, -0.1) is 0 Å². The zero-order valence-electron chi connectivity index (χ0n) is 8.68. The average molecular weight is 232 g/mol. The first-order chi connectivity index (χ1) is 7.05. The van der Waals surface area contributed by atoms with Gasteiger partial charge in [0.25, 0.3) is 0 Å². The van der Waals surface area contributed by atoms with Gasteiger partial charge in [0.15, 0.2) is 0 Å². The number of rotatable bonds is 6. The first kappa shape index (κ1) is 12.2. The average Bonchev–Trinajstić information content (AvgIpc) is 2.58. The van der Waals surface area contributed by atoms with E-state index in [1.54, 1.807) is 17.0 Å². The van der Waals surface area contributed by atoms with E-state index >= 15 is 0 Å². The smallest absolute Gasteiger partial charge is 0.212 e. The molecule has 0 saturated carbocycles. The fourth-order valence-corrected chi connectivity index (χ4v) is 2.13. The molecular weight excluding hydrogens is 216 g/mol. The number of sulfonamides is 1. The Kier molecular flexibility index (Phi) is 4.25. The van der Waals surface area contributed by atoms with Gasteiger partial charge in [-0.1, -0.05) is 0 Å². The molecule has 0 bridgehead atoms. The monoisotopic (exact) mass is 232 g/mol. The number of hydrogen-bond donors (Lipinski definition) is 2. The van der Waals surface area contributed by atoms with Gasteiger partial charge in [0.05, 0.1) is 12.3 Å². The van der Waals surface area contributed by atoms with Gasteiger partial charge >= 0.3 is 0 Å². The summed E-state index contributed by atoms with van der Waals surface area (Å²) in [6, 6.07) is 0. The molecule has 15 heavy (non-hydrogen) atoms. The molecule has 1 rings (SSSR count). The summed E-state index contributed by atoms with van der Waals surface area (Å²) >= 11 is 0. The highest BCUT2D eigenvalue weighted by Gasteiger charge is 2.10. The van der Waals surface area contributed by atoms with E-state index in [9.17, 15) is 8.42 Å². The number of aromatic nitrogens is 2. The predicted octanol–water partition coefficient (Wildman–Crippen LogP) is -0.812. The second-order valence-corrected chi connectivity index (χ2v) is 5.16. The number of nitrogens with two attached hydrogens (primary N) is 1. The van der Waals surface area contributed by atoms with Gasteiger partial charge in [-0.3, -0.25) is 0 Å². The molecular formula is C8H16N4O2S. The van der Waals surface area contributed by atoms with E-state index in [0.29, 0.717) is 18.8 Å². The Balaban J connectivity index is 2.46. The Morgan fingerprint density at radius 2 is 2.33 bits per heavy atom. The summed E-state index contributed by atoms with van der Waals surface area (Å²) in [5, 5.41) is 0. The number of nitrogens with zero attached hydrogens (tertiary/aromatic N) is 2. The highest BCUT2D eigenvalue weighted by Crippen LogP contribution is 1.96. The molecule has 0 fully saturated rings. The third-order valence-electron chi connectivity index (χ3n) is 1.99. The van der Waals surface area contributed by atoms with Crippen molar-refractivity contribution in [3.05, 3.63) is 18.2 Å². The summed E-state index contributed by atoms with van der Waals surface area (Å²) in [4.78, 5) is 4.01. The minimum atomic E-state index is -3.22. The third kappa shape index (κ3) is 3.98. The molecule has 0 aliphatic rings. The van der Waals surface area contributed by atoms with Crippen molar-refractivity contribution in [2.75, 3.05) is 12.3 Å². The molecule has 0 spiro atoms. The molecule has 6 nitrogen and oxygen atoms in total. The molecule has 3 N–H and O–H groups in total. The molecule has 0 radical (unpaired) electrons. The molecule has 0 atom stereocenters. The minimum Gasteiger partial charge on any atom is -0.337 e. The maximum absolute atomic E-state index is 11.4. The standard InChI is InChI=1S/C8H16N4O2S/c1-12-5-4-10-8(12)7-11-15(13,14)6-2-3-9/h4-5,11H,2-3,6-7,9H2,1H3. The van der Waals surface area contributed by atoms with Crippen LogP contribution >= 0.6 is 0 Å². The van der Waals surface area contributed by atoms with E-state index in [2.05, 4.69) is 9.71 Å². The van der Waals surface area contributed by atoms with Crippen molar-refractivity contribution in [3.8, 4) is 0 Å². The van der Waals surface area contributed by atoms with Crippen LogP contribution in [0.25, 0.3) is 0 Å². The largest absolute Gasteiger partial charge is 0.337 e. The summed E-state index contributed by atoms with van der Waals surface area (Å²) in [5.74, 6) is 0.750. The Hall–Kier alpha value is -0.920. The predicted molar refractivity (Wildman–Crippen MR) is 57.5 cm³/mol. The number of hydrogen-bond acceptors (Lipinski definition) is 4. The third-order valence-corrected chi connectivity index (χ3v) is 3.40. The van der Waals surface area contributed by atoms with Gasteiger partial charge in [0.1, 0.15) is 5.82 Å². The van der Waals surface area contributed by atoms with E-state index in [1.807, 2.05) is 7.05 Å². The van der Waals surface area contributed by atoms with Crippen LogP contribution in [0.2, 0.25) is 0 Å². The second-order valence-electron chi connectivity index (χ2n) is 3.24. The minimum absolute atomic E-state index is 0.0634. The van der Waals surface area contributed by atoms with Crippen LogP contribution in [0.15, 0.2) is 12.4 Å². The number of imidazole rings is 1. The van der Waals surface area contributed by atoms with Crippen molar-refractivity contribution in [1.82, 2.24) is 14.3 Å². The Morgan fingerprint density at radius 1 is 1.60 bits per heavy atom. The molecule has 1 aromatic rings. The van der Waals surface area contributed by atoms with Gasteiger partial charge in [0.2, 0.25) is 10.0 Å². The van der Waals surface area contributed by atoms with E-state index in [-0.39, 0.29) is 12.3 Å². The highest BCUT2D eigenvalue weighted by atomic mass is 32.2. The SMILES string of the molecule is Cn1ccnc1CNS(=O)(=O)CCCN. The lowest BCUT2D eigenvalue weighted by molar-refractivity contribution is 0.575. The topological polar surface area (TPSA) is 90.0 Å². The van der Waals surface area contributed by atoms with Crippen molar-refractivity contribution in [2.24, 2.45) is 12.8 Å². The van der Waals surface area contributed by atoms with Gasteiger partial charge in [0, 0.05) is 19.4 Å². The van der Waals surface area contributed by atoms with E-state index in [0.717, 1.165) is 0 Å². The lowest BCUT2D eigenvalue weighted by Gasteiger charge is -2.05. The lowest BCUT2D eigenvalue weighted by atomic mass is 10.5. The van der Waals surface area contributed by atoms with Crippen LogP contribution in [-0.4, -0.2) is 30.3 Å². The van der Waals surface area contributed by atoms with Crippen LogP contribution in [0.4, 0.5) is 0 Å². The van der Waals surface area contributed by atoms with E-state index in [1.165, 1.54) is 0 Å². The molecule has 0 amide bonds. The van der Waals surface area contributed by atoms with Gasteiger partial charge < -0.3 is 10.3 Å². The molecule has 0 aliphatic heterocycles. The molecule has 0 aromatic carbocycles. The molecule has 0 saturated heterocycles. The highest BCUT2D eigenvalue weighted by molar-refractivity contribution is 7.89. The van der Waals surface area contributed by atoms with Gasteiger partial charge in [-0.25, -0.2) is 18.1 Å².